The van der Waals surface area contributed by atoms with Gasteiger partial charge in [-0.2, -0.15) is 0 Å². The van der Waals surface area contributed by atoms with Gasteiger partial charge in [0.05, 0.1) is 5.69 Å². The fourth-order valence-corrected chi connectivity index (χ4v) is 2.07. The first-order valence-corrected chi connectivity index (χ1v) is 5.22. The third-order valence-electron chi connectivity index (χ3n) is 2.99. The van der Waals surface area contributed by atoms with Crippen LogP contribution in [0.3, 0.4) is 0 Å². The summed E-state index contributed by atoms with van der Waals surface area (Å²) in [6, 6.07) is 2.04. The van der Waals surface area contributed by atoms with Crippen molar-refractivity contribution < 1.29 is 0 Å². The molecule has 3 nitrogen and oxygen atoms in total. The van der Waals surface area contributed by atoms with E-state index in [1.54, 1.807) is 0 Å². The topological polar surface area (TPSA) is 37.8 Å². The van der Waals surface area contributed by atoms with E-state index in [0.29, 0.717) is 0 Å². The molecule has 0 radical (unpaired) electrons. The van der Waals surface area contributed by atoms with E-state index < -0.39 is 0 Å². The van der Waals surface area contributed by atoms with Crippen LogP contribution in [0, 0.1) is 6.92 Å². The second-order valence-corrected chi connectivity index (χ2v) is 4.33. The van der Waals surface area contributed by atoms with Crippen molar-refractivity contribution in [1.29, 1.82) is 0 Å². The van der Waals surface area contributed by atoms with Crippen LogP contribution in [-0.4, -0.2) is 23.1 Å². The van der Waals surface area contributed by atoms with Crippen LogP contribution in [0.25, 0.3) is 0 Å². The van der Waals surface area contributed by atoms with E-state index in [4.69, 9.17) is 0 Å². The van der Waals surface area contributed by atoms with Crippen molar-refractivity contribution in [1.82, 2.24) is 15.3 Å². The minimum absolute atomic E-state index is 0. The van der Waals surface area contributed by atoms with Crippen LogP contribution in [-0.2, 0) is 5.41 Å². The molecule has 1 N–H and O–H groups in total. The van der Waals surface area contributed by atoms with Gasteiger partial charge in [-0.3, -0.25) is 0 Å². The van der Waals surface area contributed by atoms with Gasteiger partial charge in [-0.25, -0.2) is 9.97 Å². The van der Waals surface area contributed by atoms with Crippen molar-refractivity contribution in [2.75, 3.05) is 13.1 Å². The van der Waals surface area contributed by atoms with Gasteiger partial charge in [0.15, 0.2) is 0 Å². The lowest BCUT2D eigenvalue weighted by Crippen LogP contribution is -2.41. The lowest BCUT2D eigenvalue weighted by molar-refractivity contribution is 0.331. The summed E-state index contributed by atoms with van der Waals surface area (Å²) in [5, 5.41) is 3.43. The quantitative estimate of drug-likeness (QED) is 0.845. The Balaban J connectivity index is 0.00000112. The van der Waals surface area contributed by atoms with E-state index in [-0.39, 0.29) is 30.2 Å². The summed E-state index contributed by atoms with van der Waals surface area (Å²) in [6.07, 6.45) is 4.31. The highest BCUT2D eigenvalue weighted by Gasteiger charge is 2.29. The van der Waals surface area contributed by atoms with Crippen LogP contribution in [0.15, 0.2) is 12.3 Å². The standard InChI is InChI=1S/C11H17N3.2ClH/c1-9-13-7-4-10(14-9)11(2)5-3-6-12-8-11;;/h4,7,12H,3,5-6,8H2,1-2H3;2*1H. The summed E-state index contributed by atoms with van der Waals surface area (Å²) in [4.78, 5) is 8.65. The smallest absolute Gasteiger partial charge is 0.125 e. The zero-order valence-electron chi connectivity index (χ0n) is 9.69. The summed E-state index contributed by atoms with van der Waals surface area (Å²) in [5.74, 6) is 0.870. The van der Waals surface area contributed by atoms with Gasteiger partial charge in [0.1, 0.15) is 5.82 Å². The fraction of sp³-hybridized carbons (Fsp3) is 0.636. The maximum atomic E-state index is 4.52. The molecule has 0 aromatic carbocycles. The lowest BCUT2D eigenvalue weighted by Gasteiger charge is -2.33. The van der Waals surface area contributed by atoms with Gasteiger partial charge in [-0.05, 0) is 32.4 Å². The van der Waals surface area contributed by atoms with E-state index in [2.05, 4.69) is 22.2 Å². The highest BCUT2D eigenvalue weighted by Crippen LogP contribution is 2.28. The van der Waals surface area contributed by atoms with Crippen molar-refractivity contribution >= 4 is 24.8 Å². The summed E-state index contributed by atoms with van der Waals surface area (Å²) < 4.78 is 0. The molecule has 92 valence electrons. The van der Waals surface area contributed by atoms with Crippen LogP contribution < -0.4 is 5.32 Å². The molecule has 2 rings (SSSR count). The summed E-state index contributed by atoms with van der Waals surface area (Å²) in [7, 11) is 0. The predicted molar refractivity (Wildman–Crippen MR) is 70.7 cm³/mol. The first kappa shape index (κ1) is 15.6. The Morgan fingerprint density at radius 2 is 2.12 bits per heavy atom. The van der Waals surface area contributed by atoms with Crippen molar-refractivity contribution in [2.24, 2.45) is 0 Å². The van der Waals surface area contributed by atoms with Crippen molar-refractivity contribution in [3.8, 4) is 0 Å². The third kappa shape index (κ3) is 3.30. The number of hydrogen-bond donors (Lipinski definition) is 1. The fourth-order valence-electron chi connectivity index (χ4n) is 2.07. The van der Waals surface area contributed by atoms with Gasteiger partial charge in [0.2, 0.25) is 0 Å². The molecular formula is C11H19Cl2N3. The molecule has 1 aromatic rings. The summed E-state index contributed by atoms with van der Waals surface area (Å²) in [5.41, 5.74) is 1.38. The van der Waals surface area contributed by atoms with Crippen LogP contribution in [0.2, 0.25) is 0 Å². The number of piperidine rings is 1. The monoisotopic (exact) mass is 263 g/mol. The van der Waals surface area contributed by atoms with Crippen LogP contribution >= 0.6 is 24.8 Å². The number of nitrogens with zero attached hydrogens (tertiary/aromatic N) is 2. The van der Waals surface area contributed by atoms with E-state index in [1.165, 1.54) is 18.5 Å². The molecule has 1 unspecified atom stereocenters. The third-order valence-corrected chi connectivity index (χ3v) is 2.99. The molecule has 1 saturated heterocycles. The van der Waals surface area contributed by atoms with Gasteiger partial charge in [-0.15, -0.1) is 24.8 Å². The molecule has 1 aliphatic rings. The molecule has 0 bridgehead atoms. The maximum absolute atomic E-state index is 4.52. The van der Waals surface area contributed by atoms with Crippen LogP contribution in [0.4, 0.5) is 0 Å². The summed E-state index contributed by atoms with van der Waals surface area (Å²) >= 11 is 0. The normalized spacial score (nSPS) is 24.1. The first-order chi connectivity index (χ1) is 6.71. The molecule has 1 aromatic heterocycles. The van der Waals surface area contributed by atoms with E-state index in [1.807, 2.05) is 19.2 Å². The van der Waals surface area contributed by atoms with Crippen molar-refractivity contribution in [3.05, 3.63) is 23.8 Å². The van der Waals surface area contributed by atoms with E-state index >= 15 is 0 Å². The Morgan fingerprint density at radius 1 is 1.38 bits per heavy atom. The second kappa shape index (κ2) is 6.38. The molecule has 0 spiro atoms. The highest BCUT2D eigenvalue weighted by molar-refractivity contribution is 5.85. The van der Waals surface area contributed by atoms with Crippen molar-refractivity contribution in [2.45, 2.75) is 32.1 Å². The minimum atomic E-state index is 0. The van der Waals surface area contributed by atoms with E-state index in [9.17, 15) is 0 Å². The molecule has 0 saturated carbocycles. The van der Waals surface area contributed by atoms with Crippen molar-refractivity contribution in [3.63, 3.8) is 0 Å². The largest absolute Gasteiger partial charge is 0.316 e. The zero-order chi connectivity index (χ0) is 10.0. The maximum Gasteiger partial charge on any atom is 0.125 e. The zero-order valence-corrected chi connectivity index (χ0v) is 11.3. The van der Waals surface area contributed by atoms with Gasteiger partial charge in [0, 0.05) is 18.2 Å². The molecule has 5 heteroatoms. The molecule has 1 aliphatic heterocycles. The van der Waals surface area contributed by atoms with Gasteiger partial charge < -0.3 is 5.32 Å². The Labute approximate surface area is 109 Å². The number of rotatable bonds is 1. The molecule has 2 heterocycles. The highest BCUT2D eigenvalue weighted by atomic mass is 35.5. The first-order valence-electron chi connectivity index (χ1n) is 5.22. The van der Waals surface area contributed by atoms with Gasteiger partial charge in [0.25, 0.3) is 0 Å². The average molecular weight is 264 g/mol. The number of hydrogen-bond acceptors (Lipinski definition) is 3. The molecular weight excluding hydrogens is 245 g/mol. The van der Waals surface area contributed by atoms with Gasteiger partial charge >= 0.3 is 0 Å². The molecule has 0 amide bonds. The van der Waals surface area contributed by atoms with Crippen LogP contribution in [0.1, 0.15) is 31.3 Å². The molecule has 1 atom stereocenters. The SMILES string of the molecule is Cc1nccc(C2(C)CCCNC2)n1.Cl.Cl. The molecule has 16 heavy (non-hydrogen) atoms. The Morgan fingerprint density at radius 3 is 2.69 bits per heavy atom. The Hall–Kier alpha value is -0.380. The minimum Gasteiger partial charge on any atom is -0.316 e. The Bertz CT molecular complexity index is 325. The number of aromatic nitrogens is 2. The Kier molecular flexibility index (Phi) is 6.23. The summed E-state index contributed by atoms with van der Waals surface area (Å²) in [6.45, 7) is 6.40. The molecule has 1 fully saturated rings. The lowest BCUT2D eigenvalue weighted by atomic mass is 9.79. The average Bonchev–Trinajstić information content (AvgIpc) is 2.19. The second-order valence-electron chi connectivity index (χ2n) is 4.33. The van der Waals surface area contributed by atoms with Gasteiger partial charge in [-0.1, -0.05) is 6.92 Å². The number of halogens is 2. The van der Waals surface area contributed by atoms with Crippen LogP contribution in [0.5, 0.6) is 0 Å². The number of nitrogens with one attached hydrogen (secondary N) is 1. The molecule has 0 aliphatic carbocycles. The van der Waals surface area contributed by atoms with E-state index in [0.717, 1.165) is 18.9 Å². The predicted octanol–water partition coefficient (Wildman–Crippen LogP) is 2.27. The number of aryl methyl sites for hydroxylation is 1.